The normalized spacial score (nSPS) is 20.4. The van der Waals surface area contributed by atoms with Crippen LogP contribution in [0.1, 0.15) is 19.4 Å². The lowest BCUT2D eigenvalue weighted by atomic mass is 10.1. The Hall–Kier alpha value is -0.950. The maximum absolute atomic E-state index is 12.4. The zero-order chi connectivity index (χ0) is 16.0. The van der Waals surface area contributed by atoms with Gasteiger partial charge in [-0.2, -0.15) is 4.31 Å². The molecular weight excluding hydrogens is 302 g/mol. The van der Waals surface area contributed by atoms with Crippen LogP contribution in [0, 0.1) is 0 Å². The highest BCUT2D eigenvalue weighted by atomic mass is 32.2. The molecule has 0 saturated carbocycles. The SMILES string of the molecule is CC(C)OCCS(=O)(=O)N1CCOC(Cc2ccccc2)C1. The summed E-state index contributed by atoms with van der Waals surface area (Å²) in [5.41, 5.74) is 1.16. The molecule has 1 aromatic rings. The van der Waals surface area contributed by atoms with E-state index in [0.29, 0.717) is 19.7 Å². The van der Waals surface area contributed by atoms with E-state index >= 15 is 0 Å². The fourth-order valence-electron chi connectivity index (χ4n) is 2.46. The molecule has 0 radical (unpaired) electrons. The van der Waals surface area contributed by atoms with Crippen molar-refractivity contribution < 1.29 is 17.9 Å². The molecule has 0 aliphatic carbocycles. The Morgan fingerprint density at radius 3 is 2.73 bits per heavy atom. The average molecular weight is 327 g/mol. The Kier molecular flexibility index (Phi) is 6.37. The summed E-state index contributed by atoms with van der Waals surface area (Å²) in [6.07, 6.45) is 0.692. The second-order valence-electron chi connectivity index (χ2n) is 5.78. The topological polar surface area (TPSA) is 55.8 Å². The van der Waals surface area contributed by atoms with Crippen LogP contribution in [0.25, 0.3) is 0 Å². The smallest absolute Gasteiger partial charge is 0.216 e. The predicted octanol–water partition coefficient (Wildman–Crippen LogP) is 1.68. The Labute approximate surface area is 133 Å². The summed E-state index contributed by atoms with van der Waals surface area (Å²) >= 11 is 0. The molecule has 0 bridgehead atoms. The van der Waals surface area contributed by atoms with Crippen molar-refractivity contribution in [3.63, 3.8) is 0 Å². The van der Waals surface area contributed by atoms with Gasteiger partial charge in [0.15, 0.2) is 0 Å². The van der Waals surface area contributed by atoms with E-state index in [1.807, 2.05) is 44.2 Å². The van der Waals surface area contributed by atoms with E-state index in [9.17, 15) is 8.42 Å². The van der Waals surface area contributed by atoms with E-state index in [4.69, 9.17) is 9.47 Å². The van der Waals surface area contributed by atoms with Crippen LogP contribution in [0.15, 0.2) is 30.3 Å². The summed E-state index contributed by atoms with van der Waals surface area (Å²) in [6.45, 7) is 5.32. The zero-order valence-corrected chi connectivity index (χ0v) is 14.1. The van der Waals surface area contributed by atoms with Crippen LogP contribution in [0.3, 0.4) is 0 Å². The molecule has 1 aliphatic heterocycles. The van der Waals surface area contributed by atoms with Gasteiger partial charge < -0.3 is 9.47 Å². The van der Waals surface area contributed by atoms with Crippen LogP contribution in [0.4, 0.5) is 0 Å². The first-order chi connectivity index (χ1) is 10.5. The first-order valence-electron chi connectivity index (χ1n) is 7.72. The Balaban J connectivity index is 1.89. The summed E-state index contributed by atoms with van der Waals surface area (Å²) in [5.74, 6) is 0.0310. The van der Waals surface area contributed by atoms with Gasteiger partial charge in [0.25, 0.3) is 0 Å². The van der Waals surface area contributed by atoms with E-state index in [1.165, 1.54) is 4.31 Å². The number of benzene rings is 1. The molecule has 5 nitrogen and oxygen atoms in total. The summed E-state index contributed by atoms with van der Waals surface area (Å²) in [6, 6.07) is 10.0. The highest BCUT2D eigenvalue weighted by Crippen LogP contribution is 2.15. The number of ether oxygens (including phenoxy) is 2. The van der Waals surface area contributed by atoms with Crippen molar-refractivity contribution in [2.24, 2.45) is 0 Å². The molecule has 22 heavy (non-hydrogen) atoms. The molecular formula is C16H25NO4S. The van der Waals surface area contributed by atoms with E-state index < -0.39 is 10.0 Å². The summed E-state index contributed by atoms with van der Waals surface area (Å²) in [4.78, 5) is 0. The predicted molar refractivity (Wildman–Crippen MR) is 86.3 cm³/mol. The first-order valence-corrected chi connectivity index (χ1v) is 9.33. The molecule has 1 heterocycles. The summed E-state index contributed by atoms with van der Waals surface area (Å²) in [5, 5.41) is 0. The van der Waals surface area contributed by atoms with Crippen molar-refractivity contribution in [3.8, 4) is 0 Å². The molecule has 0 amide bonds. The molecule has 1 saturated heterocycles. The molecule has 0 N–H and O–H groups in total. The standard InChI is InChI=1S/C16H25NO4S/c1-14(2)20-10-11-22(18,19)17-8-9-21-16(13-17)12-15-6-4-3-5-7-15/h3-7,14,16H,8-13H2,1-2H3. The van der Waals surface area contributed by atoms with Crippen molar-refractivity contribution >= 4 is 10.0 Å². The Morgan fingerprint density at radius 2 is 2.05 bits per heavy atom. The van der Waals surface area contributed by atoms with E-state index in [0.717, 1.165) is 12.0 Å². The molecule has 1 fully saturated rings. The van der Waals surface area contributed by atoms with Crippen molar-refractivity contribution in [1.29, 1.82) is 0 Å². The minimum atomic E-state index is -3.28. The van der Waals surface area contributed by atoms with Gasteiger partial charge in [0.05, 0.1) is 31.2 Å². The molecule has 0 aromatic heterocycles. The molecule has 1 aliphatic rings. The molecule has 1 unspecified atom stereocenters. The molecule has 6 heteroatoms. The number of hydrogen-bond donors (Lipinski definition) is 0. The fraction of sp³-hybridized carbons (Fsp3) is 0.625. The van der Waals surface area contributed by atoms with Gasteiger partial charge in [0, 0.05) is 13.1 Å². The number of nitrogens with zero attached hydrogens (tertiary/aromatic N) is 1. The number of rotatable bonds is 7. The zero-order valence-electron chi connectivity index (χ0n) is 13.3. The molecule has 2 rings (SSSR count). The van der Waals surface area contributed by atoms with Crippen molar-refractivity contribution in [2.75, 3.05) is 32.1 Å². The number of morpholine rings is 1. The third kappa shape index (κ3) is 5.35. The third-order valence-corrected chi connectivity index (χ3v) is 5.39. The molecule has 1 aromatic carbocycles. The van der Waals surface area contributed by atoms with Crippen molar-refractivity contribution in [1.82, 2.24) is 4.31 Å². The fourth-order valence-corrected chi connectivity index (χ4v) is 3.77. The van der Waals surface area contributed by atoms with Crippen molar-refractivity contribution in [2.45, 2.75) is 32.5 Å². The van der Waals surface area contributed by atoms with Gasteiger partial charge in [-0.25, -0.2) is 8.42 Å². The van der Waals surface area contributed by atoms with Crippen LogP contribution in [0.2, 0.25) is 0 Å². The average Bonchev–Trinajstić information content (AvgIpc) is 2.48. The second-order valence-corrected chi connectivity index (χ2v) is 7.86. The first kappa shape index (κ1) is 17.4. The monoisotopic (exact) mass is 327 g/mol. The summed E-state index contributed by atoms with van der Waals surface area (Å²) < 4.78 is 37.3. The van der Waals surface area contributed by atoms with Gasteiger partial charge >= 0.3 is 0 Å². The minimum absolute atomic E-state index is 0.0310. The van der Waals surface area contributed by atoms with E-state index in [-0.39, 0.29) is 24.6 Å². The Bertz CT molecular complexity index is 545. The largest absolute Gasteiger partial charge is 0.378 e. The lowest BCUT2D eigenvalue weighted by Crippen LogP contribution is -2.47. The van der Waals surface area contributed by atoms with Gasteiger partial charge in [-0.1, -0.05) is 30.3 Å². The third-order valence-electron chi connectivity index (χ3n) is 3.59. The van der Waals surface area contributed by atoms with Crippen molar-refractivity contribution in [3.05, 3.63) is 35.9 Å². The molecule has 1 atom stereocenters. The molecule has 124 valence electrons. The highest BCUT2D eigenvalue weighted by molar-refractivity contribution is 7.89. The quantitative estimate of drug-likeness (QED) is 0.765. The second kappa shape index (κ2) is 8.06. The van der Waals surface area contributed by atoms with Gasteiger partial charge in [-0.05, 0) is 25.8 Å². The lowest BCUT2D eigenvalue weighted by Gasteiger charge is -2.32. The highest BCUT2D eigenvalue weighted by Gasteiger charge is 2.29. The maximum Gasteiger partial charge on any atom is 0.216 e. The van der Waals surface area contributed by atoms with Crippen LogP contribution in [-0.2, 0) is 25.9 Å². The maximum atomic E-state index is 12.4. The van der Waals surface area contributed by atoms with Gasteiger partial charge in [-0.15, -0.1) is 0 Å². The van der Waals surface area contributed by atoms with E-state index in [1.54, 1.807) is 0 Å². The van der Waals surface area contributed by atoms with E-state index in [2.05, 4.69) is 0 Å². The minimum Gasteiger partial charge on any atom is -0.378 e. The van der Waals surface area contributed by atoms with Gasteiger partial charge in [0.1, 0.15) is 0 Å². The Morgan fingerprint density at radius 1 is 1.32 bits per heavy atom. The summed E-state index contributed by atoms with van der Waals surface area (Å²) in [7, 11) is -3.28. The number of hydrogen-bond acceptors (Lipinski definition) is 4. The van der Waals surface area contributed by atoms with Crippen LogP contribution < -0.4 is 0 Å². The van der Waals surface area contributed by atoms with Gasteiger partial charge in [0.2, 0.25) is 10.0 Å². The van der Waals surface area contributed by atoms with Crippen LogP contribution in [-0.4, -0.2) is 57.0 Å². The van der Waals surface area contributed by atoms with Crippen LogP contribution >= 0.6 is 0 Å². The van der Waals surface area contributed by atoms with Crippen LogP contribution in [0.5, 0.6) is 0 Å². The van der Waals surface area contributed by atoms with Gasteiger partial charge in [-0.3, -0.25) is 0 Å². The molecule has 0 spiro atoms. The lowest BCUT2D eigenvalue weighted by molar-refractivity contribution is -0.000846. The number of sulfonamides is 1.